The molecule has 1 atom stereocenters. The lowest BCUT2D eigenvalue weighted by atomic mass is 9.72. The lowest BCUT2D eigenvalue weighted by Crippen LogP contribution is -2.26. The molecule has 1 aromatic carbocycles. The maximum Gasteiger partial charge on any atom is 0.387 e. The molecular weight excluding hydrogens is 406 g/mol. The van der Waals surface area contributed by atoms with Gasteiger partial charge in [0.15, 0.2) is 0 Å². The zero-order valence-corrected chi connectivity index (χ0v) is 18.0. The molecule has 30 heavy (non-hydrogen) atoms. The number of halogens is 2. The summed E-state index contributed by atoms with van der Waals surface area (Å²) in [5.74, 6) is 0.268. The van der Waals surface area contributed by atoms with Crippen molar-refractivity contribution in [1.29, 1.82) is 5.26 Å². The van der Waals surface area contributed by atoms with Gasteiger partial charge in [0.25, 0.3) is 0 Å². The monoisotopic (exact) mass is 430 g/mol. The Bertz CT molecular complexity index is 982. The summed E-state index contributed by atoms with van der Waals surface area (Å²) in [6.45, 7) is 3.84. The molecule has 0 saturated carbocycles. The zero-order chi connectivity index (χ0) is 21.9. The quantitative estimate of drug-likeness (QED) is 0.590. The predicted molar refractivity (Wildman–Crippen MR) is 115 cm³/mol. The van der Waals surface area contributed by atoms with Gasteiger partial charge in [-0.1, -0.05) is 32.9 Å². The van der Waals surface area contributed by atoms with Crippen LogP contribution in [0.15, 0.2) is 30.3 Å². The molecule has 1 aliphatic rings. The normalized spacial score (nSPS) is 16.4. The molecule has 0 aliphatic heterocycles. The van der Waals surface area contributed by atoms with Crippen molar-refractivity contribution >= 4 is 28.3 Å². The SMILES string of the molecule is CC(C)(C)C1CCc2c(sc(NC(=O)C=Cc3ccc(OC(F)F)cc3)c2C#N)C1. The summed E-state index contributed by atoms with van der Waals surface area (Å²) < 4.78 is 28.7. The lowest BCUT2D eigenvalue weighted by Gasteiger charge is -2.33. The summed E-state index contributed by atoms with van der Waals surface area (Å²) in [7, 11) is 0. The largest absolute Gasteiger partial charge is 0.435 e. The molecule has 2 aromatic rings. The smallest absolute Gasteiger partial charge is 0.387 e. The zero-order valence-electron chi connectivity index (χ0n) is 17.2. The van der Waals surface area contributed by atoms with Gasteiger partial charge < -0.3 is 10.1 Å². The van der Waals surface area contributed by atoms with Gasteiger partial charge in [-0.15, -0.1) is 11.3 Å². The second-order valence-corrected chi connectivity index (χ2v) is 9.50. The van der Waals surface area contributed by atoms with Crippen molar-refractivity contribution in [3.63, 3.8) is 0 Å². The van der Waals surface area contributed by atoms with Crippen molar-refractivity contribution in [2.24, 2.45) is 11.3 Å². The summed E-state index contributed by atoms with van der Waals surface area (Å²) >= 11 is 1.49. The van der Waals surface area contributed by atoms with E-state index < -0.39 is 6.61 Å². The molecule has 0 radical (unpaired) electrons. The average molecular weight is 431 g/mol. The van der Waals surface area contributed by atoms with Crippen LogP contribution < -0.4 is 10.1 Å². The van der Waals surface area contributed by atoms with Gasteiger partial charge in [-0.2, -0.15) is 14.0 Å². The molecule has 1 heterocycles. The lowest BCUT2D eigenvalue weighted by molar-refractivity contribution is -0.111. The van der Waals surface area contributed by atoms with Crippen molar-refractivity contribution in [1.82, 2.24) is 0 Å². The first-order valence-electron chi connectivity index (χ1n) is 9.76. The summed E-state index contributed by atoms with van der Waals surface area (Å²) in [6, 6.07) is 8.25. The Kier molecular flexibility index (Phi) is 6.57. The standard InChI is InChI=1S/C23H24F2N2O2S/c1-23(2,3)15-7-10-17-18(13-26)21(30-19(17)12-15)27-20(28)11-6-14-4-8-16(9-5-14)29-22(24)25/h4-6,8-9,11,15,22H,7,10,12H2,1-3H3,(H,27,28). The second-order valence-electron chi connectivity index (χ2n) is 8.40. The van der Waals surface area contributed by atoms with Gasteiger partial charge >= 0.3 is 6.61 Å². The van der Waals surface area contributed by atoms with Gasteiger partial charge in [-0.25, -0.2) is 0 Å². The number of rotatable bonds is 5. The van der Waals surface area contributed by atoms with E-state index in [1.54, 1.807) is 18.2 Å². The Labute approximate surface area is 179 Å². The van der Waals surface area contributed by atoms with Crippen LogP contribution in [0.4, 0.5) is 13.8 Å². The number of hydrogen-bond acceptors (Lipinski definition) is 4. The number of alkyl halides is 2. The number of fused-ring (bicyclic) bond motifs is 1. The molecule has 1 aromatic heterocycles. The topological polar surface area (TPSA) is 62.1 Å². The first-order valence-corrected chi connectivity index (χ1v) is 10.6. The molecule has 158 valence electrons. The van der Waals surface area contributed by atoms with E-state index in [1.807, 2.05) is 0 Å². The number of anilines is 1. The van der Waals surface area contributed by atoms with Gasteiger partial charge in [0.05, 0.1) is 5.56 Å². The van der Waals surface area contributed by atoms with Crippen LogP contribution in [0.1, 0.15) is 48.8 Å². The Balaban J connectivity index is 1.69. The van der Waals surface area contributed by atoms with Crippen LogP contribution >= 0.6 is 11.3 Å². The van der Waals surface area contributed by atoms with E-state index in [1.165, 1.54) is 34.4 Å². The summed E-state index contributed by atoms with van der Waals surface area (Å²) in [5, 5.41) is 13.0. The van der Waals surface area contributed by atoms with Crippen LogP contribution in [0.5, 0.6) is 5.75 Å². The van der Waals surface area contributed by atoms with Gasteiger partial charge in [-0.05, 0) is 59.9 Å². The minimum atomic E-state index is -2.87. The molecule has 0 spiro atoms. The number of nitrogens with zero attached hydrogens (tertiary/aromatic N) is 1. The molecule has 1 N–H and O–H groups in total. The van der Waals surface area contributed by atoms with Crippen LogP contribution in [-0.2, 0) is 17.6 Å². The third-order valence-electron chi connectivity index (χ3n) is 5.37. The molecule has 7 heteroatoms. The molecule has 4 nitrogen and oxygen atoms in total. The third kappa shape index (κ3) is 5.25. The minimum Gasteiger partial charge on any atom is -0.435 e. The Morgan fingerprint density at radius 3 is 2.63 bits per heavy atom. The van der Waals surface area contributed by atoms with Gasteiger partial charge in [0.1, 0.15) is 16.8 Å². The van der Waals surface area contributed by atoms with Gasteiger partial charge in [0.2, 0.25) is 5.91 Å². The number of ether oxygens (including phenoxy) is 1. The third-order valence-corrected chi connectivity index (χ3v) is 6.54. The van der Waals surface area contributed by atoms with E-state index in [9.17, 15) is 18.8 Å². The molecule has 0 saturated heterocycles. The predicted octanol–water partition coefficient (Wildman–Crippen LogP) is 6.02. The molecule has 1 amide bonds. The Hall–Kier alpha value is -2.72. The van der Waals surface area contributed by atoms with Crippen LogP contribution in [0.3, 0.4) is 0 Å². The Morgan fingerprint density at radius 2 is 2.03 bits per heavy atom. The van der Waals surface area contributed by atoms with E-state index in [2.05, 4.69) is 36.9 Å². The summed E-state index contributed by atoms with van der Waals surface area (Å²) in [5.41, 5.74) is 2.51. The number of hydrogen-bond donors (Lipinski definition) is 1. The highest BCUT2D eigenvalue weighted by Crippen LogP contribution is 2.43. The average Bonchev–Trinajstić information content (AvgIpc) is 3.02. The summed E-state index contributed by atoms with van der Waals surface area (Å²) in [6.07, 6.45) is 5.77. The van der Waals surface area contributed by atoms with E-state index in [0.717, 1.165) is 24.8 Å². The van der Waals surface area contributed by atoms with Crippen LogP contribution in [0, 0.1) is 22.7 Å². The molecule has 0 bridgehead atoms. The molecule has 3 rings (SSSR count). The maximum absolute atomic E-state index is 12.4. The highest BCUT2D eigenvalue weighted by molar-refractivity contribution is 7.16. The Morgan fingerprint density at radius 1 is 1.33 bits per heavy atom. The van der Waals surface area contributed by atoms with Crippen LogP contribution in [-0.4, -0.2) is 12.5 Å². The highest BCUT2D eigenvalue weighted by Gasteiger charge is 2.32. The summed E-state index contributed by atoms with van der Waals surface area (Å²) in [4.78, 5) is 13.6. The molecule has 1 aliphatic carbocycles. The number of amides is 1. The second kappa shape index (κ2) is 8.97. The molecule has 0 fully saturated rings. The van der Waals surface area contributed by atoms with Gasteiger partial charge in [-0.3, -0.25) is 4.79 Å². The maximum atomic E-state index is 12.4. The number of nitriles is 1. The van der Waals surface area contributed by atoms with Crippen LogP contribution in [0.25, 0.3) is 6.08 Å². The number of nitrogens with one attached hydrogen (secondary N) is 1. The van der Waals surface area contributed by atoms with E-state index >= 15 is 0 Å². The first-order chi connectivity index (χ1) is 14.2. The van der Waals surface area contributed by atoms with Crippen molar-refractivity contribution in [3.8, 4) is 11.8 Å². The van der Waals surface area contributed by atoms with Crippen molar-refractivity contribution < 1.29 is 18.3 Å². The fourth-order valence-electron chi connectivity index (χ4n) is 3.62. The fourth-order valence-corrected chi connectivity index (χ4v) is 4.90. The van der Waals surface area contributed by atoms with Crippen molar-refractivity contribution in [2.75, 3.05) is 5.32 Å². The number of carbonyl (C=O) groups is 1. The minimum absolute atomic E-state index is 0.0583. The number of carbonyl (C=O) groups excluding carboxylic acids is 1. The molecule has 1 unspecified atom stereocenters. The first kappa shape index (κ1) is 22.0. The van der Waals surface area contributed by atoms with Crippen LogP contribution in [0.2, 0.25) is 0 Å². The highest BCUT2D eigenvalue weighted by atomic mass is 32.1. The van der Waals surface area contributed by atoms with Crippen molar-refractivity contribution in [2.45, 2.75) is 46.6 Å². The number of thiophene rings is 1. The van der Waals surface area contributed by atoms with E-state index in [-0.39, 0.29) is 17.1 Å². The van der Waals surface area contributed by atoms with E-state index in [0.29, 0.717) is 22.0 Å². The fraction of sp³-hybridized carbons (Fsp3) is 0.391. The van der Waals surface area contributed by atoms with Gasteiger partial charge in [0, 0.05) is 11.0 Å². The van der Waals surface area contributed by atoms with Crippen molar-refractivity contribution in [3.05, 3.63) is 51.9 Å². The number of benzene rings is 1. The molecular formula is C23H24F2N2O2S. The van der Waals surface area contributed by atoms with E-state index in [4.69, 9.17) is 0 Å².